The molecule has 1 fully saturated rings. The third-order valence-electron chi connectivity index (χ3n) is 3.84. The third-order valence-corrected chi connectivity index (χ3v) is 3.84. The van der Waals surface area contributed by atoms with Crippen molar-refractivity contribution in [2.24, 2.45) is 5.41 Å². The molecule has 0 heterocycles. The van der Waals surface area contributed by atoms with Gasteiger partial charge in [0.1, 0.15) is 0 Å². The first-order chi connectivity index (χ1) is 9.84. The zero-order valence-electron chi connectivity index (χ0n) is 11.1. The highest BCUT2D eigenvalue weighted by molar-refractivity contribution is 5.94. The van der Waals surface area contributed by atoms with Gasteiger partial charge >= 0.3 is 5.97 Å². The van der Waals surface area contributed by atoms with Crippen LogP contribution in [0.4, 0.5) is 13.2 Å². The summed E-state index contributed by atoms with van der Waals surface area (Å²) < 4.78 is 39.3. The number of carboxylic acid groups (broad SMARTS) is 1. The summed E-state index contributed by atoms with van der Waals surface area (Å²) in [5.74, 6) is -6.48. The number of amides is 1. The van der Waals surface area contributed by atoms with E-state index in [1.807, 2.05) is 0 Å². The van der Waals surface area contributed by atoms with E-state index >= 15 is 0 Å². The minimum atomic E-state index is -1.70. The lowest BCUT2D eigenvalue weighted by atomic mass is 9.66. The standard InChI is InChI=1S/C14H14F3NO3/c15-9-3-2-8(11(16)12(9)17)13(21)18-7-14(4-1-5-14)6-10(19)20/h2-3H,1,4-7H2,(H,18,21)(H,19,20). The Kier molecular flexibility index (Phi) is 4.20. The van der Waals surface area contributed by atoms with Crippen molar-refractivity contribution < 1.29 is 27.9 Å². The highest BCUT2D eigenvalue weighted by atomic mass is 19.2. The van der Waals surface area contributed by atoms with Crippen LogP contribution in [-0.2, 0) is 4.79 Å². The summed E-state index contributed by atoms with van der Waals surface area (Å²) in [6.07, 6.45) is 2.08. The molecular weight excluding hydrogens is 287 g/mol. The summed E-state index contributed by atoms with van der Waals surface area (Å²) in [4.78, 5) is 22.6. The molecule has 0 atom stereocenters. The zero-order chi connectivity index (χ0) is 15.6. The van der Waals surface area contributed by atoms with Gasteiger partial charge in [0.05, 0.1) is 12.0 Å². The van der Waals surface area contributed by atoms with E-state index in [1.54, 1.807) is 0 Å². The second kappa shape index (κ2) is 5.75. The van der Waals surface area contributed by atoms with Gasteiger partial charge in [-0.2, -0.15) is 0 Å². The van der Waals surface area contributed by atoms with Crippen molar-refractivity contribution in [3.8, 4) is 0 Å². The maximum Gasteiger partial charge on any atom is 0.303 e. The fourth-order valence-electron chi connectivity index (χ4n) is 2.48. The van der Waals surface area contributed by atoms with Crippen LogP contribution >= 0.6 is 0 Å². The van der Waals surface area contributed by atoms with E-state index in [0.29, 0.717) is 18.9 Å². The molecule has 0 aromatic heterocycles. The Morgan fingerprint density at radius 3 is 2.38 bits per heavy atom. The number of carbonyl (C=O) groups is 2. The van der Waals surface area contributed by atoms with Crippen molar-refractivity contribution in [1.29, 1.82) is 0 Å². The van der Waals surface area contributed by atoms with Gasteiger partial charge in [-0.3, -0.25) is 9.59 Å². The predicted molar refractivity (Wildman–Crippen MR) is 67.2 cm³/mol. The number of carbonyl (C=O) groups excluding carboxylic acids is 1. The summed E-state index contributed by atoms with van der Waals surface area (Å²) >= 11 is 0. The van der Waals surface area contributed by atoms with Crippen LogP contribution in [0.2, 0.25) is 0 Å². The minimum absolute atomic E-state index is 0.0660. The summed E-state index contributed by atoms with van der Waals surface area (Å²) in [5.41, 5.74) is -1.13. The van der Waals surface area contributed by atoms with E-state index in [9.17, 15) is 22.8 Å². The fourth-order valence-corrected chi connectivity index (χ4v) is 2.48. The Morgan fingerprint density at radius 1 is 1.19 bits per heavy atom. The first-order valence-electron chi connectivity index (χ1n) is 6.48. The summed E-state index contributed by atoms with van der Waals surface area (Å²) in [6.45, 7) is 0.0660. The average Bonchev–Trinajstić information content (AvgIpc) is 2.38. The second-order valence-electron chi connectivity index (χ2n) is 5.33. The Hall–Kier alpha value is -2.05. The number of hydrogen-bond acceptors (Lipinski definition) is 2. The molecule has 2 rings (SSSR count). The number of carboxylic acids is 1. The predicted octanol–water partition coefficient (Wildman–Crippen LogP) is 2.48. The monoisotopic (exact) mass is 301 g/mol. The van der Waals surface area contributed by atoms with Crippen molar-refractivity contribution in [3.63, 3.8) is 0 Å². The van der Waals surface area contributed by atoms with Crippen LogP contribution in [0.5, 0.6) is 0 Å². The van der Waals surface area contributed by atoms with Gasteiger partial charge in [-0.15, -0.1) is 0 Å². The van der Waals surface area contributed by atoms with Crippen molar-refractivity contribution in [2.75, 3.05) is 6.54 Å². The molecule has 1 saturated carbocycles. The first kappa shape index (κ1) is 15.3. The summed E-state index contributed by atoms with van der Waals surface area (Å²) in [5, 5.41) is 11.2. The van der Waals surface area contributed by atoms with Crippen LogP contribution in [0.15, 0.2) is 12.1 Å². The number of rotatable bonds is 5. The van der Waals surface area contributed by atoms with E-state index in [1.165, 1.54) is 0 Å². The Morgan fingerprint density at radius 2 is 1.86 bits per heavy atom. The lowest BCUT2D eigenvalue weighted by molar-refractivity contribution is -0.141. The largest absolute Gasteiger partial charge is 0.481 e. The molecule has 1 amide bonds. The lowest BCUT2D eigenvalue weighted by Crippen LogP contribution is -2.43. The number of aliphatic carboxylic acids is 1. The van der Waals surface area contributed by atoms with Crippen molar-refractivity contribution in [3.05, 3.63) is 35.1 Å². The van der Waals surface area contributed by atoms with Gasteiger partial charge in [-0.25, -0.2) is 13.2 Å². The van der Waals surface area contributed by atoms with E-state index in [2.05, 4.69) is 5.32 Å². The topological polar surface area (TPSA) is 66.4 Å². The number of halogens is 3. The van der Waals surface area contributed by atoms with Gasteiger partial charge in [0.25, 0.3) is 5.91 Å². The summed E-state index contributed by atoms with van der Waals surface area (Å²) in [7, 11) is 0. The molecule has 0 bridgehead atoms. The zero-order valence-corrected chi connectivity index (χ0v) is 11.1. The quantitative estimate of drug-likeness (QED) is 0.821. The van der Waals surface area contributed by atoms with Crippen LogP contribution in [-0.4, -0.2) is 23.5 Å². The van der Waals surface area contributed by atoms with E-state index in [0.717, 1.165) is 12.5 Å². The molecule has 0 spiro atoms. The molecular formula is C14H14F3NO3. The smallest absolute Gasteiger partial charge is 0.303 e. The molecule has 21 heavy (non-hydrogen) atoms. The molecule has 1 aliphatic carbocycles. The molecule has 7 heteroatoms. The van der Waals surface area contributed by atoms with Crippen molar-refractivity contribution in [2.45, 2.75) is 25.7 Å². The van der Waals surface area contributed by atoms with Gasteiger partial charge in [-0.05, 0) is 30.4 Å². The molecule has 4 nitrogen and oxygen atoms in total. The van der Waals surface area contributed by atoms with Crippen molar-refractivity contribution >= 4 is 11.9 Å². The molecule has 1 aliphatic rings. The minimum Gasteiger partial charge on any atom is -0.481 e. The fraction of sp³-hybridized carbons (Fsp3) is 0.429. The van der Waals surface area contributed by atoms with Crippen LogP contribution in [0.25, 0.3) is 0 Å². The summed E-state index contributed by atoms with van der Waals surface area (Å²) in [6, 6.07) is 1.53. The molecule has 0 radical (unpaired) electrons. The Balaban J connectivity index is 2.05. The molecule has 2 N–H and O–H groups in total. The van der Waals surface area contributed by atoms with E-state index < -0.39 is 40.3 Å². The van der Waals surface area contributed by atoms with Gasteiger partial charge in [-0.1, -0.05) is 6.42 Å². The van der Waals surface area contributed by atoms with Crippen LogP contribution in [0.3, 0.4) is 0 Å². The average molecular weight is 301 g/mol. The first-order valence-corrected chi connectivity index (χ1v) is 6.48. The number of nitrogens with one attached hydrogen (secondary N) is 1. The lowest BCUT2D eigenvalue weighted by Gasteiger charge is -2.40. The van der Waals surface area contributed by atoms with Gasteiger partial charge < -0.3 is 10.4 Å². The number of benzene rings is 1. The molecule has 1 aromatic rings. The maximum absolute atomic E-state index is 13.5. The highest BCUT2D eigenvalue weighted by Gasteiger charge is 2.39. The normalized spacial score (nSPS) is 16.1. The molecule has 1 aromatic carbocycles. The molecule has 0 aliphatic heterocycles. The highest BCUT2D eigenvalue weighted by Crippen LogP contribution is 2.43. The van der Waals surface area contributed by atoms with E-state index in [4.69, 9.17) is 5.11 Å². The Bertz CT molecular complexity index is 585. The van der Waals surface area contributed by atoms with Gasteiger partial charge in [0.2, 0.25) is 0 Å². The van der Waals surface area contributed by atoms with E-state index in [-0.39, 0.29) is 13.0 Å². The van der Waals surface area contributed by atoms with Crippen LogP contribution < -0.4 is 5.32 Å². The van der Waals surface area contributed by atoms with Gasteiger partial charge in [0, 0.05) is 6.54 Å². The Labute approximate surface area is 119 Å². The second-order valence-corrected chi connectivity index (χ2v) is 5.33. The molecule has 0 saturated heterocycles. The maximum atomic E-state index is 13.5. The molecule has 0 unspecified atom stereocenters. The molecule has 114 valence electrons. The van der Waals surface area contributed by atoms with Crippen LogP contribution in [0.1, 0.15) is 36.0 Å². The third kappa shape index (κ3) is 3.17. The van der Waals surface area contributed by atoms with Gasteiger partial charge in [0.15, 0.2) is 17.5 Å². The van der Waals surface area contributed by atoms with Crippen molar-refractivity contribution in [1.82, 2.24) is 5.32 Å². The number of hydrogen-bond donors (Lipinski definition) is 2. The SMILES string of the molecule is O=C(O)CC1(CNC(=O)c2ccc(F)c(F)c2F)CCC1. The van der Waals surface area contributed by atoms with Crippen LogP contribution in [0, 0.1) is 22.9 Å².